The third-order valence-electron chi connectivity index (χ3n) is 3.20. The maximum absolute atomic E-state index is 11.1. The first-order chi connectivity index (χ1) is 8.58. The summed E-state index contributed by atoms with van der Waals surface area (Å²) in [5, 5.41) is 21.6. The molecule has 98 valence electrons. The highest BCUT2D eigenvalue weighted by molar-refractivity contribution is 5.80. The van der Waals surface area contributed by atoms with Crippen molar-refractivity contribution in [2.45, 2.75) is 13.0 Å². The first-order valence-corrected chi connectivity index (χ1v) is 5.65. The maximum atomic E-state index is 11.1. The van der Waals surface area contributed by atoms with Crippen molar-refractivity contribution in [2.24, 2.45) is 11.8 Å². The fourth-order valence-electron chi connectivity index (χ4n) is 2.25. The van der Waals surface area contributed by atoms with Gasteiger partial charge in [0.15, 0.2) is 5.76 Å². The van der Waals surface area contributed by atoms with Crippen LogP contribution in [0.3, 0.4) is 0 Å². The molecule has 1 aliphatic heterocycles. The van der Waals surface area contributed by atoms with Gasteiger partial charge in [-0.15, -0.1) is 0 Å². The Morgan fingerprint density at radius 2 is 2.11 bits per heavy atom. The molecule has 2 N–H and O–H groups in total. The monoisotopic (exact) mass is 254 g/mol. The second-order valence-electron chi connectivity index (χ2n) is 4.39. The Bertz CT molecular complexity index is 431. The van der Waals surface area contributed by atoms with Gasteiger partial charge >= 0.3 is 11.9 Å². The summed E-state index contributed by atoms with van der Waals surface area (Å²) in [4.78, 5) is 23.9. The van der Waals surface area contributed by atoms with Crippen LogP contribution in [0.5, 0.6) is 0 Å². The molecular weight excluding hydrogens is 240 g/mol. The number of piperidine rings is 1. The minimum atomic E-state index is -1.07. The minimum Gasteiger partial charge on any atom is -0.481 e. The second kappa shape index (κ2) is 5.18. The zero-order valence-electron chi connectivity index (χ0n) is 9.65. The number of likely N-dealkylation sites (tertiary alicyclic amines) is 1. The molecule has 2 unspecified atom stereocenters. The average Bonchev–Trinajstić information content (AvgIpc) is 2.81. The zero-order valence-corrected chi connectivity index (χ0v) is 9.65. The Kier molecular flexibility index (Phi) is 3.61. The first-order valence-electron chi connectivity index (χ1n) is 5.65. The molecule has 7 nitrogen and oxygen atoms in total. The molecule has 0 aromatic carbocycles. The van der Waals surface area contributed by atoms with Gasteiger partial charge in [0, 0.05) is 12.6 Å². The van der Waals surface area contributed by atoms with Gasteiger partial charge in [0.1, 0.15) is 0 Å². The molecule has 18 heavy (non-hydrogen) atoms. The summed E-state index contributed by atoms with van der Waals surface area (Å²) >= 11 is 0. The van der Waals surface area contributed by atoms with Crippen LogP contribution in [-0.4, -0.2) is 45.3 Å². The van der Waals surface area contributed by atoms with Crippen LogP contribution in [0, 0.1) is 11.8 Å². The Labute approximate surface area is 103 Å². The number of hydrogen-bond acceptors (Lipinski definition) is 5. The van der Waals surface area contributed by atoms with Crippen LogP contribution in [-0.2, 0) is 16.1 Å². The summed E-state index contributed by atoms with van der Waals surface area (Å²) in [6.07, 6.45) is 1.86. The van der Waals surface area contributed by atoms with E-state index in [4.69, 9.17) is 14.7 Å². The van der Waals surface area contributed by atoms with E-state index < -0.39 is 23.8 Å². The molecule has 1 aromatic heterocycles. The van der Waals surface area contributed by atoms with Crippen molar-refractivity contribution >= 4 is 11.9 Å². The molecule has 2 heterocycles. The van der Waals surface area contributed by atoms with E-state index in [1.165, 1.54) is 6.20 Å². The molecule has 1 fully saturated rings. The van der Waals surface area contributed by atoms with Gasteiger partial charge in [0.2, 0.25) is 0 Å². The predicted molar refractivity (Wildman–Crippen MR) is 58.6 cm³/mol. The fraction of sp³-hybridized carbons (Fsp3) is 0.545. The van der Waals surface area contributed by atoms with Gasteiger partial charge in [-0.3, -0.25) is 14.5 Å². The molecule has 0 bridgehead atoms. The number of carboxylic acids is 2. The summed E-state index contributed by atoms with van der Waals surface area (Å²) < 4.78 is 4.95. The molecule has 0 amide bonds. The van der Waals surface area contributed by atoms with Crippen LogP contribution >= 0.6 is 0 Å². The number of hydrogen-bond donors (Lipinski definition) is 2. The normalized spacial score (nSPS) is 24.9. The predicted octanol–water partition coefficient (Wildman–Crippen LogP) is 0.282. The molecule has 0 saturated carbocycles. The Balaban J connectivity index is 2.02. The van der Waals surface area contributed by atoms with E-state index in [1.807, 2.05) is 4.90 Å². The lowest BCUT2D eigenvalue weighted by molar-refractivity contribution is -0.157. The summed E-state index contributed by atoms with van der Waals surface area (Å²) in [7, 11) is 0. The molecule has 2 atom stereocenters. The lowest BCUT2D eigenvalue weighted by Crippen LogP contribution is -2.46. The van der Waals surface area contributed by atoms with Crippen molar-refractivity contribution in [3.63, 3.8) is 0 Å². The van der Waals surface area contributed by atoms with E-state index >= 15 is 0 Å². The number of nitrogens with zero attached hydrogens (tertiary/aromatic N) is 2. The SMILES string of the molecule is O=C(O)C1CCN(Cc2ccno2)CC1C(=O)O. The van der Waals surface area contributed by atoms with Crippen LogP contribution < -0.4 is 0 Å². The van der Waals surface area contributed by atoms with E-state index in [9.17, 15) is 9.59 Å². The van der Waals surface area contributed by atoms with Gasteiger partial charge in [-0.1, -0.05) is 5.16 Å². The molecule has 1 aromatic rings. The highest BCUT2D eigenvalue weighted by Gasteiger charge is 2.38. The van der Waals surface area contributed by atoms with Gasteiger partial charge < -0.3 is 14.7 Å². The number of aliphatic carboxylic acids is 2. The number of carboxylic acid groups (broad SMARTS) is 2. The molecule has 0 aliphatic carbocycles. The van der Waals surface area contributed by atoms with Gasteiger partial charge in [-0.05, 0) is 13.0 Å². The Morgan fingerprint density at radius 3 is 2.67 bits per heavy atom. The van der Waals surface area contributed by atoms with Crippen LogP contribution in [0.1, 0.15) is 12.2 Å². The van der Waals surface area contributed by atoms with Crippen molar-refractivity contribution in [2.75, 3.05) is 13.1 Å². The van der Waals surface area contributed by atoms with Gasteiger partial charge in [0.05, 0.1) is 24.6 Å². The third-order valence-corrected chi connectivity index (χ3v) is 3.20. The van der Waals surface area contributed by atoms with Crippen molar-refractivity contribution in [1.29, 1.82) is 0 Å². The quantitative estimate of drug-likeness (QED) is 0.795. The molecule has 1 saturated heterocycles. The van der Waals surface area contributed by atoms with Crippen molar-refractivity contribution < 1.29 is 24.3 Å². The van der Waals surface area contributed by atoms with Crippen LogP contribution in [0.2, 0.25) is 0 Å². The van der Waals surface area contributed by atoms with E-state index in [1.54, 1.807) is 6.07 Å². The summed E-state index contributed by atoms with van der Waals surface area (Å²) in [5.41, 5.74) is 0. The molecule has 1 aliphatic rings. The lowest BCUT2D eigenvalue weighted by Gasteiger charge is -2.33. The van der Waals surface area contributed by atoms with Crippen LogP contribution in [0.15, 0.2) is 16.8 Å². The van der Waals surface area contributed by atoms with E-state index in [-0.39, 0.29) is 6.54 Å². The summed E-state index contributed by atoms with van der Waals surface area (Å²) in [6, 6.07) is 1.71. The van der Waals surface area contributed by atoms with E-state index in [0.29, 0.717) is 25.3 Å². The zero-order chi connectivity index (χ0) is 13.1. The van der Waals surface area contributed by atoms with Crippen molar-refractivity contribution in [1.82, 2.24) is 10.1 Å². The largest absolute Gasteiger partial charge is 0.481 e. The van der Waals surface area contributed by atoms with Crippen molar-refractivity contribution in [3.05, 3.63) is 18.0 Å². The number of carbonyl (C=O) groups is 2. The molecular formula is C11H14N2O5. The number of aromatic nitrogens is 1. The highest BCUT2D eigenvalue weighted by Crippen LogP contribution is 2.25. The third kappa shape index (κ3) is 2.67. The van der Waals surface area contributed by atoms with E-state index in [2.05, 4.69) is 5.16 Å². The summed E-state index contributed by atoms with van der Waals surface area (Å²) in [5.74, 6) is -3.15. The fourth-order valence-corrected chi connectivity index (χ4v) is 2.25. The van der Waals surface area contributed by atoms with Crippen LogP contribution in [0.4, 0.5) is 0 Å². The van der Waals surface area contributed by atoms with Gasteiger partial charge in [-0.2, -0.15) is 0 Å². The second-order valence-corrected chi connectivity index (χ2v) is 4.39. The van der Waals surface area contributed by atoms with Gasteiger partial charge in [0.25, 0.3) is 0 Å². The average molecular weight is 254 g/mol. The Hall–Kier alpha value is -1.89. The standard InChI is InChI=1S/C11H14N2O5/c14-10(15)8-2-4-13(6-9(8)11(16)17)5-7-1-3-12-18-7/h1,3,8-9H,2,4-6H2,(H,14,15)(H,16,17). The van der Waals surface area contributed by atoms with Crippen LogP contribution in [0.25, 0.3) is 0 Å². The molecule has 0 spiro atoms. The smallest absolute Gasteiger partial charge is 0.308 e. The van der Waals surface area contributed by atoms with Crippen molar-refractivity contribution in [3.8, 4) is 0 Å². The topological polar surface area (TPSA) is 104 Å². The summed E-state index contributed by atoms with van der Waals surface area (Å²) in [6.45, 7) is 1.21. The lowest BCUT2D eigenvalue weighted by atomic mass is 9.85. The van der Waals surface area contributed by atoms with Gasteiger partial charge in [-0.25, -0.2) is 0 Å². The minimum absolute atomic E-state index is 0.215. The Morgan fingerprint density at radius 1 is 1.39 bits per heavy atom. The molecule has 0 radical (unpaired) electrons. The maximum Gasteiger partial charge on any atom is 0.308 e. The highest BCUT2D eigenvalue weighted by atomic mass is 16.5. The van der Waals surface area contributed by atoms with E-state index in [0.717, 1.165) is 0 Å². The molecule has 7 heteroatoms. The number of rotatable bonds is 4. The molecule has 2 rings (SSSR count). The first kappa shape index (κ1) is 12.6.